The Kier molecular flexibility index (Phi) is 23.5. The highest BCUT2D eigenvalue weighted by Crippen LogP contribution is 2.37. The van der Waals surface area contributed by atoms with Gasteiger partial charge in [0.1, 0.15) is 19.2 Å². The number of hydrogen-bond donors (Lipinski definition) is 2. The van der Waals surface area contributed by atoms with Gasteiger partial charge in [0, 0.05) is 54.7 Å². The van der Waals surface area contributed by atoms with Crippen LogP contribution in [0.2, 0.25) is 0 Å². The lowest BCUT2D eigenvalue weighted by Gasteiger charge is -2.51. The normalized spacial score (nSPS) is 21.2. The number of quaternary nitrogens is 1. The predicted octanol–water partition coefficient (Wildman–Crippen LogP) is 8.19. The summed E-state index contributed by atoms with van der Waals surface area (Å²) in [5.74, 6) is 0.512. The van der Waals surface area contributed by atoms with Gasteiger partial charge in [0.2, 0.25) is 5.78 Å². The summed E-state index contributed by atoms with van der Waals surface area (Å²) in [5.41, 5.74) is 5.12. The first kappa shape index (κ1) is 58.8. The third kappa shape index (κ3) is 17.6. The average molecular weight is 1160 g/mol. The van der Waals surface area contributed by atoms with Crippen molar-refractivity contribution in [3.63, 3.8) is 0 Å². The molecule has 2 N–H and O–H groups in total. The molecule has 6 aliphatic rings. The molecule has 12 nitrogen and oxygen atoms in total. The molecule has 0 aromatic heterocycles. The molecule has 6 aromatic carbocycles. The molecule has 400 valence electrons. The maximum Gasteiger partial charge on any atom is 0.333 e. The Bertz CT molecular complexity index is 2690. The van der Waals surface area contributed by atoms with Crippen LogP contribution in [0.15, 0.2) is 182 Å². The van der Waals surface area contributed by atoms with Crippen molar-refractivity contribution in [1.29, 1.82) is 0 Å². The van der Waals surface area contributed by atoms with E-state index in [4.69, 9.17) is 9.47 Å². The van der Waals surface area contributed by atoms with E-state index >= 15 is 0 Å². The van der Waals surface area contributed by atoms with Gasteiger partial charge < -0.3 is 46.3 Å². The summed E-state index contributed by atoms with van der Waals surface area (Å²) in [4.78, 5) is 62.6. The van der Waals surface area contributed by atoms with E-state index < -0.39 is 12.1 Å². The van der Waals surface area contributed by atoms with Crippen LogP contribution < -0.4 is 27.6 Å². The van der Waals surface area contributed by atoms with Gasteiger partial charge in [-0.25, -0.2) is 9.59 Å². The first-order valence-corrected chi connectivity index (χ1v) is 27.2. The van der Waals surface area contributed by atoms with Crippen molar-refractivity contribution in [2.45, 2.75) is 63.8 Å². The molecule has 6 heterocycles. The minimum absolute atomic E-state index is 0. The summed E-state index contributed by atoms with van der Waals surface area (Å²) >= 11 is 3.10. The number of nitrogens with zero attached hydrogens (tertiary/aromatic N) is 2. The van der Waals surface area contributed by atoms with Crippen LogP contribution in [0.25, 0.3) is 0 Å². The number of ketones is 2. The van der Waals surface area contributed by atoms with E-state index in [1.165, 1.54) is 6.92 Å². The summed E-state index contributed by atoms with van der Waals surface area (Å²) in [6.07, 6.45) is 4.12. The summed E-state index contributed by atoms with van der Waals surface area (Å²) in [5, 5.41) is 7.10. The van der Waals surface area contributed by atoms with Crippen molar-refractivity contribution in [2.24, 2.45) is 11.8 Å². The number of para-hydroxylation sites is 2. The molecular formula is C62H70Br2N4O8. The van der Waals surface area contributed by atoms with E-state index in [-0.39, 0.29) is 58.7 Å². The van der Waals surface area contributed by atoms with Crippen LogP contribution in [0.4, 0.5) is 11.4 Å². The number of alkyl halides is 1. The van der Waals surface area contributed by atoms with E-state index in [0.717, 1.165) is 92.0 Å². The lowest BCUT2D eigenvalue weighted by Crippen LogP contribution is -3.00. The van der Waals surface area contributed by atoms with Crippen LogP contribution >= 0.6 is 15.9 Å². The Balaban J connectivity index is 0.000000194. The highest BCUT2D eigenvalue weighted by Gasteiger charge is 2.49. The van der Waals surface area contributed by atoms with Gasteiger partial charge >= 0.3 is 17.9 Å². The Morgan fingerprint density at radius 1 is 0.566 bits per heavy atom. The van der Waals surface area contributed by atoms with Gasteiger partial charge in [-0.1, -0.05) is 174 Å². The maximum absolute atomic E-state index is 13.5. The Morgan fingerprint density at radius 3 is 1.34 bits per heavy atom. The van der Waals surface area contributed by atoms with Crippen molar-refractivity contribution >= 4 is 56.8 Å². The zero-order chi connectivity index (χ0) is 52.8. The minimum Gasteiger partial charge on any atom is -1.00 e. The zero-order valence-corrected chi connectivity index (χ0v) is 46.6. The molecule has 0 saturated carbocycles. The number of carbonyl (C=O) groups excluding carboxylic acids is 5. The fraction of sp³-hybridized carbons (Fsp3) is 0.339. The molecule has 6 aliphatic heterocycles. The Morgan fingerprint density at radius 2 is 0.961 bits per heavy atom. The van der Waals surface area contributed by atoms with E-state index in [0.29, 0.717) is 41.3 Å². The first-order chi connectivity index (χ1) is 36.5. The standard InChI is InChI=1S/C29H31N2O3.C21H24N2O2.C8H7BrO.C4H8O2.BrH/c32-26(22-10-4-1-5-11-22)20-31-18-16-23(17-19-31)27(21-31)34-29(33)28(24-12-6-2-7-13-24)30-25-14-8-3-9-15-25;24-21(25-19-15-23-13-11-16(19)12-14-23)20(17-7-3-1-4-8-17)22-18-9-5-2-6-10-18;9-6-8(10)7-4-2-1-3-5-7;1-3-6-4(2)5;/h1-15,23,27-28,30H,16-21H2;1-10,16,19-20,22H,11-15H2;1-5H,6H2;3H2,1-2H3;1H/q+1;;;;/p-1/t23?,27-,28+,31?;19-,20+;;;/m00.../s1. The number of hydrogen-bond acceptors (Lipinski definition) is 11. The van der Waals surface area contributed by atoms with Crippen LogP contribution in [-0.2, 0) is 28.6 Å². The second kappa shape index (κ2) is 30.3. The van der Waals surface area contributed by atoms with Gasteiger partial charge in [0.25, 0.3) is 0 Å². The smallest absolute Gasteiger partial charge is 0.333 e. The number of benzene rings is 6. The van der Waals surface area contributed by atoms with Gasteiger partial charge in [-0.05, 0) is 74.2 Å². The topological polar surface area (TPSA) is 140 Å². The number of fused-ring (bicyclic) bond motifs is 6. The molecule has 4 bridgehead atoms. The number of halogens is 2. The van der Waals surface area contributed by atoms with E-state index in [9.17, 15) is 24.0 Å². The van der Waals surface area contributed by atoms with Crippen LogP contribution in [-0.4, -0.2) is 109 Å². The monoisotopic (exact) mass is 1160 g/mol. The van der Waals surface area contributed by atoms with Crippen LogP contribution in [0.1, 0.15) is 83.5 Å². The molecule has 6 aromatic rings. The Hall–Kier alpha value is -6.45. The molecule has 76 heavy (non-hydrogen) atoms. The van der Waals surface area contributed by atoms with Crippen molar-refractivity contribution < 1.29 is 59.6 Å². The predicted molar refractivity (Wildman–Crippen MR) is 298 cm³/mol. The number of Topliss-reactive ketones (excluding diaryl/α,β-unsaturated/α-hetero) is 2. The number of anilines is 2. The second-order valence-electron chi connectivity index (χ2n) is 19.4. The Labute approximate surface area is 467 Å². The van der Waals surface area contributed by atoms with Crippen molar-refractivity contribution in [3.05, 3.63) is 204 Å². The zero-order valence-electron chi connectivity index (χ0n) is 43.4. The molecule has 0 radical (unpaired) electrons. The van der Waals surface area contributed by atoms with Crippen molar-refractivity contribution in [1.82, 2.24) is 4.90 Å². The number of piperidine rings is 6. The average Bonchev–Trinajstić information content (AvgIpc) is 3.47. The van der Waals surface area contributed by atoms with Crippen molar-refractivity contribution in [2.75, 3.05) is 68.4 Å². The molecule has 4 atom stereocenters. The van der Waals surface area contributed by atoms with E-state index in [1.807, 2.05) is 182 Å². The highest BCUT2D eigenvalue weighted by atomic mass is 79.9. The number of nitrogens with one attached hydrogen (secondary N) is 2. The molecule has 0 aliphatic carbocycles. The quantitative estimate of drug-likeness (QED) is 0.0319. The van der Waals surface area contributed by atoms with E-state index in [1.54, 1.807) is 6.92 Å². The summed E-state index contributed by atoms with van der Waals surface area (Å²) in [7, 11) is 0. The van der Waals surface area contributed by atoms with Gasteiger partial charge in [0.15, 0.2) is 24.0 Å². The summed E-state index contributed by atoms with van der Waals surface area (Å²) < 4.78 is 17.3. The lowest BCUT2D eigenvalue weighted by molar-refractivity contribution is -0.938. The molecule has 6 saturated heterocycles. The van der Waals surface area contributed by atoms with Crippen LogP contribution in [0, 0.1) is 11.8 Å². The molecule has 0 unspecified atom stereocenters. The molecular weight excluding hydrogens is 1090 g/mol. The van der Waals surface area contributed by atoms with Crippen LogP contribution in [0.5, 0.6) is 0 Å². The molecule has 0 amide bonds. The summed E-state index contributed by atoms with van der Waals surface area (Å²) in [6.45, 7) is 9.94. The number of carbonyl (C=O) groups is 5. The largest absolute Gasteiger partial charge is 1.00 e. The molecule has 6 fully saturated rings. The first-order valence-electron chi connectivity index (χ1n) is 26.1. The van der Waals surface area contributed by atoms with Crippen LogP contribution in [0.3, 0.4) is 0 Å². The molecule has 0 spiro atoms. The minimum atomic E-state index is -0.585. The number of ether oxygens (including phenoxy) is 3. The van der Waals surface area contributed by atoms with Gasteiger partial charge in [-0.2, -0.15) is 0 Å². The third-order valence-corrected chi connectivity index (χ3v) is 14.7. The third-order valence-electron chi connectivity index (χ3n) is 14.2. The fourth-order valence-corrected chi connectivity index (χ4v) is 10.6. The maximum atomic E-state index is 13.5. The van der Waals surface area contributed by atoms with Crippen molar-refractivity contribution in [3.8, 4) is 0 Å². The second-order valence-corrected chi connectivity index (χ2v) is 20.0. The molecule has 12 rings (SSSR count). The van der Waals surface area contributed by atoms with Gasteiger partial charge in [0.05, 0.1) is 25.0 Å². The molecule has 14 heteroatoms. The lowest BCUT2D eigenvalue weighted by atomic mass is 9.82. The highest BCUT2D eigenvalue weighted by molar-refractivity contribution is 9.09. The summed E-state index contributed by atoms with van der Waals surface area (Å²) in [6, 6.07) is 56.8. The van der Waals surface area contributed by atoms with Gasteiger partial charge in [-0.3, -0.25) is 19.3 Å². The number of rotatable bonds is 16. The SMILES string of the molecule is CCOC(C)=O.O=C(CBr)c1ccccc1.O=C(C[N+]12CCC(CC1)[C@@H](OC(=O)[C@H](Nc1ccccc1)c1ccccc1)C2)c1ccccc1.O=C(O[C@H]1CN2CCC1CC2)[C@H](Nc1ccccc1)c1ccccc1.[Br-]. The fourth-order valence-electron chi connectivity index (χ4n) is 10.2. The van der Waals surface area contributed by atoms with E-state index in [2.05, 4.69) is 36.2 Å². The van der Waals surface area contributed by atoms with Gasteiger partial charge in [-0.15, -0.1) is 0 Å². The number of esters is 3.